The van der Waals surface area contributed by atoms with Gasteiger partial charge in [0.2, 0.25) is 0 Å². The number of nitrogens with zero attached hydrogens (tertiary/aromatic N) is 6. The first-order chi connectivity index (χ1) is 14.5. The van der Waals surface area contributed by atoms with Crippen molar-refractivity contribution in [2.45, 2.75) is 12.3 Å². The fourth-order valence-corrected chi connectivity index (χ4v) is 4.32. The number of aromatic nitrogens is 4. The van der Waals surface area contributed by atoms with Gasteiger partial charge in [-0.1, -0.05) is 12.1 Å². The van der Waals surface area contributed by atoms with Crippen molar-refractivity contribution in [2.75, 3.05) is 39.4 Å². The smallest absolute Gasteiger partial charge is 0.290 e. The van der Waals surface area contributed by atoms with Gasteiger partial charge in [0.05, 0.1) is 43.9 Å². The first-order valence-electron chi connectivity index (χ1n) is 10.2. The summed E-state index contributed by atoms with van der Waals surface area (Å²) in [6, 6.07) is 8.15. The Labute approximate surface area is 174 Å². The van der Waals surface area contributed by atoms with Crippen LogP contribution in [0.2, 0.25) is 0 Å². The Kier molecular flexibility index (Phi) is 4.80. The van der Waals surface area contributed by atoms with E-state index in [1.54, 1.807) is 21.9 Å². The minimum Gasteiger partial charge on any atom is -0.346 e. The van der Waals surface area contributed by atoms with Crippen LogP contribution in [0.1, 0.15) is 16.4 Å². The topological polar surface area (TPSA) is 77.7 Å². The molecule has 2 aromatic heterocycles. The summed E-state index contributed by atoms with van der Waals surface area (Å²) in [6.45, 7) is 3.99. The second-order valence-electron chi connectivity index (χ2n) is 7.98. The van der Waals surface area contributed by atoms with Gasteiger partial charge in [0.1, 0.15) is 5.82 Å². The zero-order valence-electron chi connectivity index (χ0n) is 17.3. The zero-order chi connectivity index (χ0) is 20.7. The molecule has 9 nitrogen and oxygen atoms in total. The number of hydrogen-bond donors (Lipinski definition) is 0. The van der Waals surface area contributed by atoms with Crippen LogP contribution in [0.5, 0.6) is 0 Å². The van der Waals surface area contributed by atoms with Gasteiger partial charge in [0, 0.05) is 39.6 Å². The van der Waals surface area contributed by atoms with Crippen LogP contribution >= 0.6 is 0 Å². The molecule has 0 bridgehead atoms. The molecule has 2 saturated heterocycles. The van der Waals surface area contributed by atoms with Crippen molar-refractivity contribution < 1.29 is 14.3 Å². The normalized spacial score (nSPS) is 22.8. The minimum absolute atomic E-state index is 0.0961. The van der Waals surface area contributed by atoms with Gasteiger partial charge in [-0.2, -0.15) is 0 Å². The second kappa shape index (κ2) is 7.50. The highest BCUT2D eigenvalue weighted by Gasteiger charge is 2.44. The molecule has 1 aromatic carbocycles. The standard InChI is InChI=1S/C21H26N6O3/c1-24-8-7-22-19(24)20(28)27-10-12-30-21(15-27)14-26(9-11-29-21)13-18-23-16-5-3-4-6-17(16)25(18)2/h3-8H,9-15H2,1-2H3. The van der Waals surface area contributed by atoms with Crippen molar-refractivity contribution in [3.63, 3.8) is 0 Å². The van der Waals surface area contributed by atoms with Gasteiger partial charge < -0.3 is 23.5 Å². The monoisotopic (exact) mass is 410 g/mol. The van der Waals surface area contributed by atoms with Crippen LogP contribution in [-0.4, -0.2) is 80.0 Å². The molecule has 2 aliphatic heterocycles. The van der Waals surface area contributed by atoms with Crippen LogP contribution in [0.4, 0.5) is 0 Å². The summed E-state index contributed by atoms with van der Waals surface area (Å²) in [5.41, 5.74) is 2.12. The molecule has 1 atom stereocenters. The Hall–Kier alpha value is -2.75. The van der Waals surface area contributed by atoms with E-state index in [1.807, 2.05) is 32.3 Å². The average molecular weight is 410 g/mol. The van der Waals surface area contributed by atoms with Crippen molar-refractivity contribution >= 4 is 16.9 Å². The van der Waals surface area contributed by atoms with Crippen molar-refractivity contribution in [3.05, 3.63) is 48.3 Å². The van der Waals surface area contributed by atoms with Crippen LogP contribution in [0.25, 0.3) is 11.0 Å². The highest BCUT2D eigenvalue weighted by atomic mass is 16.7. The van der Waals surface area contributed by atoms with E-state index in [-0.39, 0.29) is 5.91 Å². The van der Waals surface area contributed by atoms with Crippen LogP contribution in [-0.2, 0) is 30.1 Å². The number of hydrogen-bond acceptors (Lipinski definition) is 6. The van der Waals surface area contributed by atoms with Gasteiger partial charge >= 0.3 is 0 Å². The summed E-state index contributed by atoms with van der Waals surface area (Å²) in [5, 5.41) is 0. The summed E-state index contributed by atoms with van der Waals surface area (Å²) in [7, 11) is 3.87. The molecular weight excluding hydrogens is 384 g/mol. The molecule has 9 heteroatoms. The molecule has 1 spiro atoms. The zero-order valence-corrected chi connectivity index (χ0v) is 17.3. The predicted octanol–water partition coefficient (Wildman–Crippen LogP) is 1.01. The third-order valence-corrected chi connectivity index (χ3v) is 5.94. The van der Waals surface area contributed by atoms with E-state index in [2.05, 4.69) is 20.5 Å². The first-order valence-corrected chi connectivity index (χ1v) is 10.2. The fourth-order valence-electron chi connectivity index (χ4n) is 4.32. The molecular formula is C21H26N6O3. The lowest BCUT2D eigenvalue weighted by atomic mass is 10.1. The number of rotatable bonds is 3. The van der Waals surface area contributed by atoms with E-state index in [0.29, 0.717) is 45.2 Å². The van der Waals surface area contributed by atoms with Gasteiger partial charge in [0.25, 0.3) is 5.91 Å². The van der Waals surface area contributed by atoms with E-state index in [4.69, 9.17) is 14.5 Å². The van der Waals surface area contributed by atoms with E-state index >= 15 is 0 Å². The molecule has 5 rings (SSSR count). The van der Waals surface area contributed by atoms with Crippen LogP contribution in [0.15, 0.2) is 36.7 Å². The van der Waals surface area contributed by atoms with Crippen LogP contribution in [0.3, 0.4) is 0 Å². The van der Waals surface area contributed by atoms with E-state index in [9.17, 15) is 4.79 Å². The maximum Gasteiger partial charge on any atom is 0.290 e. The summed E-state index contributed by atoms with van der Waals surface area (Å²) in [6.07, 6.45) is 3.41. The predicted molar refractivity (Wildman–Crippen MR) is 110 cm³/mol. The highest BCUT2D eigenvalue weighted by molar-refractivity contribution is 5.91. The Morgan fingerprint density at radius 2 is 1.93 bits per heavy atom. The second-order valence-corrected chi connectivity index (χ2v) is 7.98. The van der Waals surface area contributed by atoms with Gasteiger partial charge in [-0.3, -0.25) is 9.69 Å². The van der Waals surface area contributed by atoms with Crippen molar-refractivity contribution in [1.82, 2.24) is 28.9 Å². The third-order valence-electron chi connectivity index (χ3n) is 5.94. The largest absolute Gasteiger partial charge is 0.346 e. The van der Waals surface area contributed by atoms with Crippen molar-refractivity contribution in [3.8, 4) is 0 Å². The Morgan fingerprint density at radius 3 is 2.70 bits per heavy atom. The summed E-state index contributed by atoms with van der Waals surface area (Å²) >= 11 is 0. The molecule has 0 N–H and O–H groups in total. The number of imidazole rings is 2. The Morgan fingerprint density at radius 1 is 1.13 bits per heavy atom. The number of carbonyl (C=O) groups is 1. The number of para-hydroxylation sites is 2. The van der Waals surface area contributed by atoms with Gasteiger partial charge in [-0.15, -0.1) is 0 Å². The lowest BCUT2D eigenvalue weighted by Gasteiger charge is -2.47. The number of fused-ring (bicyclic) bond motifs is 1. The lowest BCUT2D eigenvalue weighted by molar-refractivity contribution is -0.288. The van der Waals surface area contributed by atoms with Crippen molar-refractivity contribution in [2.24, 2.45) is 14.1 Å². The molecule has 1 unspecified atom stereocenters. The molecule has 1 amide bonds. The fraction of sp³-hybridized carbons (Fsp3) is 0.476. The number of benzene rings is 1. The summed E-state index contributed by atoms with van der Waals surface area (Å²) in [5.74, 6) is 0.521. The van der Waals surface area contributed by atoms with Crippen LogP contribution < -0.4 is 0 Å². The number of carbonyl (C=O) groups excluding carboxylic acids is 1. The highest BCUT2D eigenvalue weighted by Crippen LogP contribution is 2.27. The lowest BCUT2D eigenvalue weighted by Crippen LogP contribution is -2.63. The number of morpholine rings is 2. The molecule has 4 heterocycles. The molecule has 0 radical (unpaired) electrons. The van der Waals surface area contributed by atoms with Gasteiger partial charge in [-0.25, -0.2) is 9.97 Å². The first kappa shape index (κ1) is 19.2. The van der Waals surface area contributed by atoms with Gasteiger partial charge in [0.15, 0.2) is 11.6 Å². The molecule has 158 valence electrons. The molecule has 0 aliphatic carbocycles. The maximum absolute atomic E-state index is 12.9. The number of ether oxygens (including phenoxy) is 2. The van der Waals surface area contributed by atoms with E-state index in [0.717, 1.165) is 23.4 Å². The molecule has 2 aliphatic rings. The average Bonchev–Trinajstić information content (AvgIpc) is 3.31. The summed E-state index contributed by atoms with van der Waals surface area (Å²) < 4.78 is 16.0. The Bertz CT molecular complexity index is 1070. The maximum atomic E-state index is 12.9. The van der Waals surface area contributed by atoms with E-state index < -0.39 is 5.79 Å². The summed E-state index contributed by atoms with van der Waals surface area (Å²) in [4.78, 5) is 26.0. The minimum atomic E-state index is -0.818. The molecule has 0 saturated carbocycles. The van der Waals surface area contributed by atoms with Crippen LogP contribution in [0, 0.1) is 0 Å². The molecule has 2 fully saturated rings. The SMILES string of the molecule is Cn1ccnc1C(=O)N1CCOC2(CN(Cc3nc4ccccc4n3C)CCO2)C1. The quantitative estimate of drug-likeness (QED) is 0.641. The van der Waals surface area contributed by atoms with Gasteiger partial charge in [-0.05, 0) is 12.1 Å². The number of amides is 1. The third kappa shape index (κ3) is 3.38. The Balaban J connectivity index is 1.32. The van der Waals surface area contributed by atoms with E-state index in [1.165, 1.54) is 0 Å². The molecule has 30 heavy (non-hydrogen) atoms. The van der Waals surface area contributed by atoms with Crippen molar-refractivity contribution in [1.29, 1.82) is 0 Å². The number of aryl methyl sites for hydroxylation is 2. The molecule has 3 aromatic rings.